The number of aromatic nitrogens is 2. The Hall–Kier alpha value is -4.16. The Bertz CT molecular complexity index is 1700. The number of nitrogens with two attached hydrogens (primary N) is 2. The molecule has 5 rings (SSSR count). The summed E-state index contributed by atoms with van der Waals surface area (Å²) in [6, 6.07) is 15.4. The molecule has 0 radical (unpaired) electrons. The Morgan fingerprint density at radius 3 is 2.38 bits per heavy atom. The molecule has 0 spiro atoms. The van der Waals surface area contributed by atoms with Gasteiger partial charge in [-0.05, 0) is 73.7 Å². The van der Waals surface area contributed by atoms with Crippen LogP contribution in [0.2, 0.25) is 0 Å². The Morgan fingerprint density at radius 2 is 1.71 bits per heavy atom. The van der Waals surface area contributed by atoms with Crippen LogP contribution in [0.25, 0.3) is 16.6 Å². The maximum atomic E-state index is 10.0. The number of hydrogen-bond acceptors (Lipinski definition) is 9. The van der Waals surface area contributed by atoms with Gasteiger partial charge in [-0.1, -0.05) is 32.9 Å². The molecule has 2 aromatic carbocycles. The molecule has 1 fully saturated rings. The fourth-order valence-electron chi connectivity index (χ4n) is 6.09. The average Bonchev–Trinajstić information content (AvgIpc) is 3.59. The molecule has 11 heteroatoms. The SMILES string of the molecule is CCc1cc(O)ccc1/N=C(\N)c1cnn2cc(-c3ccc(OCCOCCOCCOC)cc3)cc2c1N[C@@H]1CC[C@](C)(N)C1(C)C. The van der Waals surface area contributed by atoms with E-state index in [4.69, 9.17) is 40.5 Å². The fraction of sp³-hybridized carbons (Fsp3) is 0.459. The number of phenolic OH excluding ortho intramolecular Hbond substituents is 1. The van der Waals surface area contributed by atoms with Crippen LogP contribution in [0.5, 0.6) is 11.5 Å². The third kappa shape index (κ3) is 7.92. The van der Waals surface area contributed by atoms with E-state index in [1.165, 1.54) is 0 Å². The number of aliphatic imine (C=N–C) groups is 1. The summed E-state index contributed by atoms with van der Waals surface area (Å²) in [5.74, 6) is 1.31. The molecule has 48 heavy (non-hydrogen) atoms. The van der Waals surface area contributed by atoms with E-state index in [2.05, 4.69) is 32.2 Å². The number of ether oxygens (including phenoxy) is 4. The highest BCUT2D eigenvalue weighted by Crippen LogP contribution is 2.46. The van der Waals surface area contributed by atoms with Crippen LogP contribution in [0, 0.1) is 5.41 Å². The number of amidine groups is 1. The van der Waals surface area contributed by atoms with Gasteiger partial charge in [0, 0.05) is 35.9 Å². The minimum absolute atomic E-state index is 0.104. The van der Waals surface area contributed by atoms with Crippen molar-refractivity contribution in [1.29, 1.82) is 0 Å². The number of anilines is 1. The zero-order chi connectivity index (χ0) is 34.3. The number of benzene rings is 2. The number of phenols is 1. The molecular weight excluding hydrogens is 608 g/mol. The lowest BCUT2D eigenvalue weighted by Gasteiger charge is -2.39. The summed E-state index contributed by atoms with van der Waals surface area (Å²) in [5, 5.41) is 18.6. The van der Waals surface area contributed by atoms with Gasteiger partial charge in [0.2, 0.25) is 0 Å². The van der Waals surface area contributed by atoms with Crippen molar-refractivity contribution in [3.8, 4) is 22.6 Å². The normalized spacial score (nSPS) is 19.2. The van der Waals surface area contributed by atoms with Crippen molar-refractivity contribution in [3.05, 3.63) is 72.1 Å². The molecule has 0 aliphatic heterocycles. The van der Waals surface area contributed by atoms with Crippen molar-refractivity contribution in [3.63, 3.8) is 0 Å². The highest BCUT2D eigenvalue weighted by Gasteiger charge is 2.49. The molecule has 1 aliphatic carbocycles. The molecule has 2 heterocycles. The summed E-state index contributed by atoms with van der Waals surface area (Å²) < 4.78 is 23.7. The third-order valence-corrected chi connectivity index (χ3v) is 9.70. The molecule has 6 N–H and O–H groups in total. The number of rotatable bonds is 16. The zero-order valence-corrected chi connectivity index (χ0v) is 28.8. The number of hydrogen-bond donors (Lipinski definition) is 4. The van der Waals surface area contributed by atoms with Gasteiger partial charge in [-0.3, -0.25) is 0 Å². The third-order valence-electron chi connectivity index (χ3n) is 9.70. The molecule has 0 unspecified atom stereocenters. The van der Waals surface area contributed by atoms with Gasteiger partial charge in [-0.25, -0.2) is 9.51 Å². The van der Waals surface area contributed by atoms with Crippen LogP contribution in [-0.4, -0.2) is 78.9 Å². The molecule has 1 saturated carbocycles. The second-order valence-electron chi connectivity index (χ2n) is 13.1. The second kappa shape index (κ2) is 15.4. The van der Waals surface area contributed by atoms with Crippen molar-refractivity contribution < 1.29 is 24.1 Å². The Labute approximate surface area is 283 Å². The summed E-state index contributed by atoms with van der Waals surface area (Å²) >= 11 is 0. The highest BCUT2D eigenvalue weighted by molar-refractivity contribution is 6.06. The van der Waals surface area contributed by atoms with Gasteiger partial charge < -0.3 is 40.8 Å². The van der Waals surface area contributed by atoms with Crippen molar-refractivity contribution in [2.45, 2.75) is 58.5 Å². The Balaban J connectivity index is 1.38. The molecule has 0 amide bonds. The smallest absolute Gasteiger partial charge is 0.135 e. The van der Waals surface area contributed by atoms with E-state index in [0.29, 0.717) is 63.1 Å². The quantitative estimate of drug-likeness (QED) is 0.0677. The minimum atomic E-state index is -0.322. The van der Waals surface area contributed by atoms with Gasteiger partial charge in [-0.2, -0.15) is 5.10 Å². The van der Waals surface area contributed by atoms with Gasteiger partial charge in [-0.15, -0.1) is 0 Å². The van der Waals surface area contributed by atoms with E-state index in [1.54, 1.807) is 31.5 Å². The van der Waals surface area contributed by atoms with Crippen LogP contribution >= 0.6 is 0 Å². The molecule has 1 aliphatic rings. The molecule has 2 atom stereocenters. The fourth-order valence-corrected chi connectivity index (χ4v) is 6.09. The number of methoxy groups -OCH3 is 1. The summed E-state index contributed by atoms with van der Waals surface area (Å²) in [6.07, 6.45) is 6.31. The second-order valence-corrected chi connectivity index (χ2v) is 13.1. The van der Waals surface area contributed by atoms with Gasteiger partial charge >= 0.3 is 0 Å². The van der Waals surface area contributed by atoms with Crippen molar-refractivity contribution in [2.24, 2.45) is 21.9 Å². The van der Waals surface area contributed by atoms with Crippen LogP contribution in [-0.2, 0) is 20.6 Å². The lowest BCUT2D eigenvalue weighted by molar-refractivity contribution is 0.0180. The highest BCUT2D eigenvalue weighted by atomic mass is 16.6. The first-order chi connectivity index (χ1) is 23.0. The van der Waals surface area contributed by atoms with E-state index in [0.717, 1.165) is 46.5 Å². The van der Waals surface area contributed by atoms with Crippen LogP contribution < -0.4 is 21.5 Å². The predicted octanol–water partition coefficient (Wildman–Crippen LogP) is 5.68. The number of nitrogens with one attached hydrogen (secondary N) is 1. The topological polar surface area (TPSA) is 151 Å². The lowest BCUT2D eigenvalue weighted by atomic mass is 9.75. The van der Waals surface area contributed by atoms with E-state index in [1.807, 2.05) is 41.9 Å². The molecule has 0 bridgehead atoms. The first-order valence-electron chi connectivity index (χ1n) is 16.6. The van der Waals surface area contributed by atoms with Crippen molar-refractivity contribution in [2.75, 3.05) is 52.1 Å². The van der Waals surface area contributed by atoms with Gasteiger partial charge in [0.05, 0.1) is 61.7 Å². The van der Waals surface area contributed by atoms with Crippen LogP contribution in [0.15, 0.2) is 65.9 Å². The Morgan fingerprint density at radius 1 is 1.00 bits per heavy atom. The summed E-state index contributed by atoms with van der Waals surface area (Å²) in [7, 11) is 1.65. The number of nitrogens with zero attached hydrogens (tertiary/aromatic N) is 3. The van der Waals surface area contributed by atoms with Crippen LogP contribution in [0.4, 0.5) is 11.4 Å². The number of aromatic hydroxyl groups is 1. The van der Waals surface area contributed by atoms with Crippen LogP contribution in [0.1, 0.15) is 51.7 Å². The minimum Gasteiger partial charge on any atom is -0.508 e. The van der Waals surface area contributed by atoms with Crippen molar-refractivity contribution in [1.82, 2.24) is 9.61 Å². The maximum Gasteiger partial charge on any atom is 0.135 e. The van der Waals surface area contributed by atoms with Gasteiger partial charge in [0.25, 0.3) is 0 Å². The molecule has 258 valence electrons. The molecular formula is C37H50N6O5. The molecule has 4 aromatic rings. The summed E-state index contributed by atoms with van der Waals surface area (Å²) in [4.78, 5) is 4.81. The standard InChI is InChI=1S/C37H50N6O5/c1-6-25-21-28(44)9-12-31(25)41-35(38)30-23-40-43-24-27(22-32(43)34(30)42-33-13-14-37(4,39)36(33,2)3)26-7-10-29(11-8-26)48-20-19-47-18-17-46-16-15-45-5/h7-12,21-24,33,42,44H,6,13-20,39H2,1-5H3,(H2,38,41)/t33-,37+/m1/s1. The van der Waals surface area contributed by atoms with Crippen molar-refractivity contribution >= 4 is 22.7 Å². The maximum absolute atomic E-state index is 10.0. The van der Waals surface area contributed by atoms with E-state index in [-0.39, 0.29) is 22.7 Å². The first-order valence-corrected chi connectivity index (χ1v) is 16.6. The van der Waals surface area contributed by atoms with Gasteiger partial charge in [0.15, 0.2) is 0 Å². The largest absolute Gasteiger partial charge is 0.508 e. The van der Waals surface area contributed by atoms with Gasteiger partial charge in [0.1, 0.15) is 23.9 Å². The zero-order valence-electron chi connectivity index (χ0n) is 28.8. The van der Waals surface area contributed by atoms with E-state index < -0.39 is 0 Å². The average molecular weight is 659 g/mol. The summed E-state index contributed by atoms with van der Waals surface area (Å²) in [6.45, 7) is 11.7. The molecule has 0 saturated heterocycles. The monoisotopic (exact) mass is 658 g/mol. The van der Waals surface area contributed by atoms with E-state index >= 15 is 0 Å². The molecule has 2 aromatic heterocycles. The predicted molar refractivity (Wildman–Crippen MR) is 191 cm³/mol. The van der Waals surface area contributed by atoms with E-state index in [9.17, 15) is 5.11 Å². The number of aryl methyl sites for hydroxylation is 1. The Kier molecular flexibility index (Phi) is 11.3. The number of fused-ring (bicyclic) bond motifs is 1. The lowest BCUT2D eigenvalue weighted by Crippen LogP contribution is -2.51. The summed E-state index contributed by atoms with van der Waals surface area (Å²) in [5.41, 5.74) is 19.1. The van der Waals surface area contributed by atoms with Crippen LogP contribution in [0.3, 0.4) is 0 Å². The molecule has 11 nitrogen and oxygen atoms in total. The first kappa shape index (κ1) is 35.2.